The Morgan fingerprint density at radius 3 is 2.18 bits per heavy atom. The summed E-state index contributed by atoms with van der Waals surface area (Å²) in [7, 11) is 0. The van der Waals surface area contributed by atoms with Gasteiger partial charge >= 0.3 is 0 Å². The molecule has 0 aliphatic heterocycles. The van der Waals surface area contributed by atoms with Crippen molar-refractivity contribution in [1.82, 2.24) is 0 Å². The van der Waals surface area contributed by atoms with Crippen molar-refractivity contribution in [1.29, 1.82) is 0 Å². The lowest BCUT2D eigenvalue weighted by atomic mass is 10.1. The van der Waals surface area contributed by atoms with Crippen molar-refractivity contribution in [2.45, 2.75) is 44.8 Å². The molecular formula is C15H22O2. The minimum absolute atomic E-state index is 0.384. The average Bonchev–Trinajstić information content (AvgIpc) is 2.33. The highest BCUT2D eigenvalue weighted by Crippen LogP contribution is 2.05. The number of aliphatic hydroxyl groups is 2. The van der Waals surface area contributed by atoms with Crippen molar-refractivity contribution in [3.63, 3.8) is 0 Å². The molecule has 0 rings (SSSR count). The number of allylic oxidation sites excluding steroid dienone is 4. The first-order valence-corrected chi connectivity index (χ1v) is 5.99. The quantitative estimate of drug-likeness (QED) is 0.500. The maximum atomic E-state index is 9.61. The summed E-state index contributed by atoms with van der Waals surface area (Å²) in [4.78, 5) is 0. The summed E-state index contributed by atoms with van der Waals surface area (Å²) in [5.41, 5.74) is 0. The van der Waals surface area contributed by atoms with Gasteiger partial charge < -0.3 is 10.2 Å². The smallest absolute Gasteiger partial charge is 0.0836 e. The zero-order valence-corrected chi connectivity index (χ0v) is 10.4. The van der Waals surface area contributed by atoms with Gasteiger partial charge in [-0.25, -0.2) is 0 Å². The molecule has 0 saturated heterocycles. The third-order valence-corrected chi connectivity index (χ3v) is 2.25. The first kappa shape index (κ1) is 15.7. The molecule has 2 heteroatoms. The summed E-state index contributed by atoms with van der Waals surface area (Å²) in [5.74, 6) is 2.34. The van der Waals surface area contributed by atoms with E-state index in [2.05, 4.69) is 25.0 Å². The number of hydrogen-bond donors (Lipinski definition) is 2. The topological polar surface area (TPSA) is 40.5 Å². The molecule has 0 radical (unpaired) electrons. The van der Waals surface area contributed by atoms with Gasteiger partial charge in [-0.15, -0.1) is 6.42 Å². The summed E-state index contributed by atoms with van der Waals surface area (Å²) in [5, 5.41) is 19.2. The van der Waals surface area contributed by atoms with E-state index in [0.29, 0.717) is 12.8 Å². The van der Waals surface area contributed by atoms with E-state index in [1.54, 1.807) is 6.08 Å². The van der Waals surface area contributed by atoms with E-state index < -0.39 is 12.2 Å². The molecule has 0 aromatic rings. The van der Waals surface area contributed by atoms with Crippen LogP contribution in [0, 0.1) is 12.3 Å². The van der Waals surface area contributed by atoms with Gasteiger partial charge in [0.1, 0.15) is 0 Å². The van der Waals surface area contributed by atoms with E-state index in [0.717, 1.165) is 12.8 Å². The summed E-state index contributed by atoms with van der Waals surface area (Å²) >= 11 is 0. The van der Waals surface area contributed by atoms with Gasteiger partial charge in [-0.2, -0.15) is 0 Å². The van der Waals surface area contributed by atoms with Crippen LogP contribution in [0.3, 0.4) is 0 Å². The lowest BCUT2D eigenvalue weighted by Crippen LogP contribution is -2.24. The van der Waals surface area contributed by atoms with E-state index >= 15 is 0 Å². The van der Waals surface area contributed by atoms with E-state index in [9.17, 15) is 10.2 Å². The fourth-order valence-corrected chi connectivity index (χ4v) is 1.26. The molecule has 0 aromatic carbocycles. The molecule has 2 N–H and O–H groups in total. The standard InChI is InChI=1S/C15H22O2/c1-3-5-7-8-9-11-13-15(17)14(16)12-10-6-4-2/h2,5-7,9-11,14-17H,3,8,12-13H2,1H3/b7-5+,10-6-,11-9-/t14-,15+/m1/s1. The largest absolute Gasteiger partial charge is 0.390 e. The van der Waals surface area contributed by atoms with Crippen LogP contribution >= 0.6 is 0 Å². The Labute approximate surface area is 104 Å². The van der Waals surface area contributed by atoms with E-state index in [1.807, 2.05) is 12.2 Å². The van der Waals surface area contributed by atoms with Gasteiger partial charge in [0.15, 0.2) is 0 Å². The molecule has 94 valence electrons. The molecule has 0 aromatic heterocycles. The monoisotopic (exact) mass is 234 g/mol. The van der Waals surface area contributed by atoms with E-state index in [4.69, 9.17) is 6.42 Å². The van der Waals surface area contributed by atoms with Crippen LogP contribution in [0.4, 0.5) is 0 Å². The number of hydrogen-bond acceptors (Lipinski definition) is 2. The zero-order valence-electron chi connectivity index (χ0n) is 10.4. The number of aliphatic hydroxyl groups excluding tert-OH is 2. The van der Waals surface area contributed by atoms with Gasteiger partial charge in [0, 0.05) is 0 Å². The molecule has 2 atom stereocenters. The van der Waals surface area contributed by atoms with Crippen molar-refractivity contribution in [2.75, 3.05) is 0 Å². The van der Waals surface area contributed by atoms with Crippen molar-refractivity contribution >= 4 is 0 Å². The van der Waals surface area contributed by atoms with Gasteiger partial charge in [-0.1, -0.05) is 43.2 Å². The second kappa shape index (κ2) is 11.2. The molecule has 0 heterocycles. The predicted octanol–water partition coefficient (Wildman–Crippen LogP) is 2.59. The van der Waals surface area contributed by atoms with Crippen molar-refractivity contribution in [2.24, 2.45) is 0 Å². The Morgan fingerprint density at radius 2 is 1.59 bits per heavy atom. The summed E-state index contributed by atoms with van der Waals surface area (Å²) < 4.78 is 0. The van der Waals surface area contributed by atoms with Gasteiger partial charge in [0.2, 0.25) is 0 Å². The summed E-state index contributed by atoms with van der Waals surface area (Å²) in [6.07, 6.45) is 17.6. The van der Waals surface area contributed by atoms with Gasteiger partial charge in [-0.3, -0.25) is 0 Å². The highest BCUT2D eigenvalue weighted by atomic mass is 16.3. The van der Waals surface area contributed by atoms with Crippen LogP contribution in [0.25, 0.3) is 0 Å². The molecule has 0 aliphatic carbocycles. The SMILES string of the molecule is C#C/C=C\C[C@@H](O)[C@@H](O)C/C=C\C/C=C/CC. The predicted molar refractivity (Wildman–Crippen MR) is 72.4 cm³/mol. The highest BCUT2D eigenvalue weighted by Gasteiger charge is 2.12. The molecule has 0 saturated carbocycles. The molecule has 0 fully saturated rings. The van der Waals surface area contributed by atoms with Crippen LogP contribution in [0.5, 0.6) is 0 Å². The Hall–Kier alpha value is -1.30. The van der Waals surface area contributed by atoms with Crippen LogP contribution in [-0.2, 0) is 0 Å². The fraction of sp³-hybridized carbons (Fsp3) is 0.467. The highest BCUT2D eigenvalue weighted by molar-refractivity contribution is 5.09. The van der Waals surface area contributed by atoms with Crippen LogP contribution in [0.1, 0.15) is 32.6 Å². The third-order valence-electron chi connectivity index (χ3n) is 2.25. The second-order valence-electron chi connectivity index (χ2n) is 3.76. The molecule has 0 unspecified atom stereocenters. The zero-order chi connectivity index (χ0) is 12.9. The lowest BCUT2D eigenvalue weighted by Gasteiger charge is -2.13. The van der Waals surface area contributed by atoms with Crippen molar-refractivity contribution in [3.05, 3.63) is 36.5 Å². The third kappa shape index (κ3) is 9.62. The second-order valence-corrected chi connectivity index (χ2v) is 3.76. The van der Waals surface area contributed by atoms with Gasteiger partial charge in [-0.05, 0) is 31.8 Å². The van der Waals surface area contributed by atoms with Crippen LogP contribution in [0.2, 0.25) is 0 Å². The maximum Gasteiger partial charge on any atom is 0.0836 e. The van der Waals surface area contributed by atoms with Crippen molar-refractivity contribution in [3.8, 4) is 12.3 Å². The Kier molecular flexibility index (Phi) is 10.3. The first-order valence-electron chi connectivity index (χ1n) is 5.99. The minimum atomic E-state index is -0.754. The molecule has 0 aliphatic rings. The number of rotatable bonds is 8. The average molecular weight is 234 g/mol. The lowest BCUT2D eigenvalue weighted by molar-refractivity contribution is 0.0238. The molecule has 0 spiro atoms. The van der Waals surface area contributed by atoms with Crippen LogP contribution in [0.15, 0.2) is 36.5 Å². The maximum absolute atomic E-state index is 9.61. The van der Waals surface area contributed by atoms with E-state index in [-0.39, 0.29) is 0 Å². The van der Waals surface area contributed by atoms with Crippen molar-refractivity contribution < 1.29 is 10.2 Å². The minimum Gasteiger partial charge on any atom is -0.390 e. The molecule has 0 amide bonds. The number of terminal acetylenes is 1. The summed E-state index contributed by atoms with van der Waals surface area (Å²) in [6.45, 7) is 2.09. The Morgan fingerprint density at radius 1 is 1.00 bits per heavy atom. The molecule has 17 heavy (non-hydrogen) atoms. The van der Waals surface area contributed by atoms with E-state index in [1.165, 1.54) is 6.08 Å². The van der Waals surface area contributed by atoms with Crippen LogP contribution in [-0.4, -0.2) is 22.4 Å². The fourth-order valence-electron chi connectivity index (χ4n) is 1.26. The Bertz CT molecular complexity index is 295. The first-order chi connectivity index (χ1) is 8.22. The normalized spacial score (nSPS) is 15.6. The molecular weight excluding hydrogens is 212 g/mol. The summed E-state index contributed by atoms with van der Waals surface area (Å²) in [6, 6.07) is 0. The molecule has 2 nitrogen and oxygen atoms in total. The van der Waals surface area contributed by atoms with Crippen LogP contribution < -0.4 is 0 Å². The Balaban J connectivity index is 3.77. The van der Waals surface area contributed by atoms with Gasteiger partial charge in [0.05, 0.1) is 12.2 Å². The van der Waals surface area contributed by atoms with Gasteiger partial charge in [0.25, 0.3) is 0 Å². The molecule has 0 bridgehead atoms.